The molecule has 0 atom stereocenters. The van der Waals surface area contributed by atoms with Gasteiger partial charge in [0.2, 0.25) is 0 Å². The van der Waals surface area contributed by atoms with E-state index in [1.54, 1.807) is 42.2 Å². The first-order valence-corrected chi connectivity index (χ1v) is 10.3. The van der Waals surface area contributed by atoms with Crippen molar-refractivity contribution in [1.29, 1.82) is 0 Å². The standard InChI is InChI=1S/C22H18ClN3O2S/c1-15-3-2-12-26(22(15)28)18-7-5-17(6-8-18)25-13-16(24-14-25)4-9-19(27)20-10-11-21(23)29-20/h2-3,5-8,10-14H,4,9H2,1H3. The lowest BCUT2D eigenvalue weighted by atomic mass is 10.1. The van der Waals surface area contributed by atoms with Gasteiger partial charge in [-0.2, -0.15) is 0 Å². The van der Waals surface area contributed by atoms with E-state index in [0.29, 0.717) is 27.6 Å². The Balaban J connectivity index is 1.46. The highest BCUT2D eigenvalue weighted by Crippen LogP contribution is 2.23. The van der Waals surface area contributed by atoms with Crippen LogP contribution in [0.2, 0.25) is 4.34 Å². The molecule has 0 saturated carbocycles. The van der Waals surface area contributed by atoms with Gasteiger partial charge in [-0.05, 0) is 55.8 Å². The number of hydrogen-bond acceptors (Lipinski definition) is 4. The van der Waals surface area contributed by atoms with Crippen molar-refractivity contribution >= 4 is 28.7 Å². The van der Waals surface area contributed by atoms with E-state index >= 15 is 0 Å². The number of ketones is 1. The van der Waals surface area contributed by atoms with Crippen LogP contribution in [0.15, 0.2) is 72.0 Å². The highest BCUT2D eigenvalue weighted by molar-refractivity contribution is 7.18. The Labute approximate surface area is 176 Å². The molecule has 5 nitrogen and oxygen atoms in total. The second-order valence-corrected chi connectivity index (χ2v) is 8.40. The van der Waals surface area contributed by atoms with Crippen LogP contribution in [-0.4, -0.2) is 19.9 Å². The van der Waals surface area contributed by atoms with Gasteiger partial charge < -0.3 is 4.57 Å². The SMILES string of the molecule is Cc1cccn(-c2ccc(-n3cnc(CCC(=O)c4ccc(Cl)s4)c3)cc2)c1=O. The average Bonchev–Trinajstić information content (AvgIpc) is 3.38. The molecule has 4 aromatic rings. The maximum absolute atomic E-state index is 12.3. The number of pyridine rings is 1. The van der Waals surface area contributed by atoms with Crippen molar-refractivity contribution in [1.82, 2.24) is 14.1 Å². The zero-order chi connectivity index (χ0) is 20.4. The molecule has 3 heterocycles. The second-order valence-electron chi connectivity index (χ2n) is 6.68. The van der Waals surface area contributed by atoms with Crippen LogP contribution in [-0.2, 0) is 6.42 Å². The van der Waals surface area contributed by atoms with E-state index in [1.165, 1.54) is 11.3 Å². The maximum atomic E-state index is 12.3. The number of aromatic nitrogens is 3. The fraction of sp³-hybridized carbons (Fsp3) is 0.136. The molecule has 0 aliphatic rings. The molecule has 1 aromatic carbocycles. The predicted molar refractivity (Wildman–Crippen MR) is 116 cm³/mol. The average molecular weight is 424 g/mol. The Bertz CT molecular complexity index is 1220. The highest BCUT2D eigenvalue weighted by atomic mass is 35.5. The smallest absolute Gasteiger partial charge is 0.257 e. The third-order valence-corrected chi connectivity index (χ3v) is 5.93. The zero-order valence-corrected chi connectivity index (χ0v) is 17.3. The summed E-state index contributed by atoms with van der Waals surface area (Å²) in [5.74, 6) is 0.0735. The lowest BCUT2D eigenvalue weighted by Crippen LogP contribution is -2.19. The van der Waals surface area contributed by atoms with Crippen molar-refractivity contribution in [2.75, 3.05) is 0 Å². The molecule has 4 rings (SSSR count). The van der Waals surface area contributed by atoms with Gasteiger partial charge in [0, 0.05) is 35.8 Å². The fourth-order valence-corrected chi connectivity index (χ4v) is 4.06. The molecule has 0 bridgehead atoms. The van der Waals surface area contributed by atoms with Gasteiger partial charge in [0.05, 0.1) is 21.2 Å². The van der Waals surface area contributed by atoms with Crippen LogP contribution < -0.4 is 5.56 Å². The number of carbonyl (C=O) groups excluding carboxylic acids is 1. The first-order valence-electron chi connectivity index (χ1n) is 9.12. The van der Waals surface area contributed by atoms with Crippen LogP contribution in [0.3, 0.4) is 0 Å². The van der Waals surface area contributed by atoms with Crippen LogP contribution in [0.5, 0.6) is 0 Å². The molecule has 0 radical (unpaired) electrons. The minimum atomic E-state index is -0.0261. The van der Waals surface area contributed by atoms with Gasteiger partial charge in [0.15, 0.2) is 5.78 Å². The summed E-state index contributed by atoms with van der Waals surface area (Å²) in [6, 6.07) is 14.8. The molecule has 0 unspecified atom stereocenters. The van der Waals surface area contributed by atoms with Crippen LogP contribution in [0, 0.1) is 6.92 Å². The first-order chi connectivity index (χ1) is 14.0. The summed E-state index contributed by atoms with van der Waals surface area (Å²) in [5, 5.41) is 0. The minimum Gasteiger partial charge on any atom is -0.306 e. The minimum absolute atomic E-state index is 0.0261. The van der Waals surface area contributed by atoms with E-state index in [9.17, 15) is 9.59 Å². The van der Waals surface area contributed by atoms with Crippen LogP contribution in [0.25, 0.3) is 11.4 Å². The van der Waals surface area contributed by atoms with Crippen molar-refractivity contribution in [2.24, 2.45) is 0 Å². The molecule has 29 heavy (non-hydrogen) atoms. The number of nitrogens with zero attached hydrogens (tertiary/aromatic N) is 3. The fourth-order valence-electron chi connectivity index (χ4n) is 3.05. The number of rotatable bonds is 6. The molecule has 0 saturated heterocycles. The van der Waals surface area contributed by atoms with E-state index in [2.05, 4.69) is 4.98 Å². The number of carbonyl (C=O) groups is 1. The first kappa shape index (κ1) is 19.4. The van der Waals surface area contributed by atoms with Gasteiger partial charge in [-0.25, -0.2) is 4.98 Å². The summed E-state index contributed by atoms with van der Waals surface area (Å²) >= 11 is 7.19. The van der Waals surface area contributed by atoms with E-state index < -0.39 is 0 Å². The molecule has 3 aromatic heterocycles. The molecule has 0 aliphatic heterocycles. The van der Waals surface area contributed by atoms with Gasteiger partial charge in [-0.15, -0.1) is 11.3 Å². The third-order valence-electron chi connectivity index (χ3n) is 4.66. The summed E-state index contributed by atoms with van der Waals surface area (Å²) in [6.45, 7) is 1.80. The van der Waals surface area contributed by atoms with Gasteiger partial charge in [-0.1, -0.05) is 17.7 Å². The van der Waals surface area contributed by atoms with Crippen molar-refractivity contribution < 1.29 is 4.79 Å². The molecule has 0 N–H and O–H groups in total. The van der Waals surface area contributed by atoms with Crippen LogP contribution in [0.4, 0.5) is 0 Å². The summed E-state index contributed by atoms with van der Waals surface area (Å²) in [7, 11) is 0. The third kappa shape index (κ3) is 4.23. The summed E-state index contributed by atoms with van der Waals surface area (Å²) in [5.41, 5.74) is 3.27. The van der Waals surface area contributed by atoms with E-state index in [0.717, 1.165) is 17.1 Å². The van der Waals surface area contributed by atoms with Gasteiger partial charge >= 0.3 is 0 Å². The zero-order valence-electron chi connectivity index (χ0n) is 15.7. The molecular weight excluding hydrogens is 406 g/mol. The molecule has 0 amide bonds. The Hall–Kier alpha value is -2.96. The lowest BCUT2D eigenvalue weighted by Gasteiger charge is -2.08. The normalized spacial score (nSPS) is 11.0. The predicted octanol–water partition coefficient (Wildman–Crippen LogP) is 4.86. The summed E-state index contributed by atoms with van der Waals surface area (Å²) in [4.78, 5) is 29.6. The largest absolute Gasteiger partial charge is 0.306 e. The van der Waals surface area contributed by atoms with E-state index in [1.807, 2.05) is 41.1 Å². The number of hydrogen-bond donors (Lipinski definition) is 0. The summed E-state index contributed by atoms with van der Waals surface area (Å²) < 4.78 is 4.15. The molecule has 146 valence electrons. The number of imidazole rings is 1. The number of benzene rings is 1. The Morgan fingerprint density at radius 2 is 1.86 bits per heavy atom. The molecule has 7 heteroatoms. The quantitative estimate of drug-likeness (QED) is 0.416. The van der Waals surface area contributed by atoms with Crippen molar-refractivity contribution in [2.45, 2.75) is 19.8 Å². The van der Waals surface area contributed by atoms with Gasteiger partial charge in [0.1, 0.15) is 0 Å². The van der Waals surface area contributed by atoms with Gasteiger partial charge in [0.25, 0.3) is 5.56 Å². The maximum Gasteiger partial charge on any atom is 0.257 e. The topological polar surface area (TPSA) is 56.9 Å². The lowest BCUT2D eigenvalue weighted by molar-refractivity contribution is 0.0986. The Morgan fingerprint density at radius 3 is 2.59 bits per heavy atom. The second kappa shape index (κ2) is 8.19. The number of halogens is 1. The van der Waals surface area contributed by atoms with Crippen LogP contribution in [0.1, 0.15) is 27.3 Å². The molecular formula is C22H18ClN3O2S. The summed E-state index contributed by atoms with van der Waals surface area (Å²) in [6.07, 6.45) is 6.37. The van der Waals surface area contributed by atoms with Crippen molar-refractivity contribution in [3.63, 3.8) is 0 Å². The number of aryl methyl sites for hydroxylation is 2. The van der Waals surface area contributed by atoms with Crippen molar-refractivity contribution in [3.8, 4) is 11.4 Å². The highest BCUT2D eigenvalue weighted by Gasteiger charge is 2.10. The number of thiophene rings is 1. The Morgan fingerprint density at radius 1 is 1.10 bits per heavy atom. The van der Waals surface area contributed by atoms with Gasteiger partial charge in [-0.3, -0.25) is 14.2 Å². The van der Waals surface area contributed by atoms with E-state index in [-0.39, 0.29) is 11.3 Å². The monoisotopic (exact) mass is 423 g/mol. The molecule has 0 spiro atoms. The van der Waals surface area contributed by atoms with Crippen LogP contribution >= 0.6 is 22.9 Å². The molecule has 0 fully saturated rings. The van der Waals surface area contributed by atoms with E-state index in [4.69, 9.17) is 11.6 Å². The van der Waals surface area contributed by atoms with Crippen molar-refractivity contribution in [3.05, 3.63) is 98.1 Å². The Kier molecular flexibility index (Phi) is 5.47. The molecule has 0 aliphatic carbocycles. The number of Topliss-reactive ketones (excluding diaryl/α,β-unsaturated/α-hetero) is 1.